The van der Waals surface area contributed by atoms with Crippen molar-refractivity contribution in [3.8, 4) is 0 Å². The smallest absolute Gasteiger partial charge is 0.326 e. The molecule has 2 aliphatic heterocycles. The van der Waals surface area contributed by atoms with Crippen LogP contribution >= 0.6 is 0 Å². The maximum atomic E-state index is 13.0. The fourth-order valence-electron chi connectivity index (χ4n) is 3.08. The monoisotopic (exact) mass is 336 g/mol. The standard InChI is InChI=1S/C17H19F3N4/c1-2-4-15-14(9-21)13(8-16-23-22-10-24(15)16)11-5-3-6-12(7-11)17(18,19)20/h3,5-8,22H,2,4,9-10,21H2,1H3. The Bertz CT molecular complexity index is 732. The number of rotatable bonds is 4. The number of halogens is 3. The predicted molar refractivity (Wildman–Crippen MR) is 87.7 cm³/mol. The first kappa shape index (κ1) is 16.6. The highest BCUT2D eigenvalue weighted by atomic mass is 19.4. The van der Waals surface area contributed by atoms with E-state index in [9.17, 15) is 13.2 Å². The van der Waals surface area contributed by atoms with Gasteiger partial charge in [0, 0.05) is 12.2 Å². The van der Waals surface area contributed by atoms with E-state index in [2.05, 4.69) is 17.5 Å². The Balaban J connectivity index is 2.12. The molecule has 1 aromatic rings. The fraction of sp³-hybridized carbons (Fsp3) is 0.353. The lowest BCUT2D eigenvalue weighted by Crippen LogP contribution is -2.33. The molecular formula is C17H19F3N4. The molecule has 7 heteroatoms. The number of hydrogen-bond donors (Lipinski definition) is 2. The van der Waals surface area contributed by atoms with Crippen LogP contribution in [-0.2, 0) is 6.18 Å². The molecule has 4 nitrogen and oxygen atoms in total. The number of nitrogens with zero attached hydrogens (tertiary/aromatic N) is 2. The first-order chi connectivity index (χ1) is 11.5. The number of alkyl halides is 3. The zero-order valence-corrected chi connectivity index (χ0v) is 13.3. The van der Waals surface area contributed by atoms with Crippen LogP contribution < -0.4 is 11.2 Å². The number of hydrazone groups is 1. The Labute approximate surface area is 138 Å². The van der Waals surface area contributed by atoms with Gasteiger partial charge in [-0.05, 0) is 41.3 Å². The Morgan fingerprint density at radius 2 is 2.12 bits per heavy atom. The van der Waals surface area contributed by atoms with Gasteiger partial charge in [-0.2, -0.15) is 18.3 Å². The van der Waals surface area contributed by atoms with E-state index in [1.165, 1.54) is 12.1 Å². The summed E-state index contributed by atoms with van der Waals surface area (Å²) in [7, 11) is 0. The molecule has 0 spiro atoms. The summed E-state index contributed by atoms with van der Waals surface area (Å²) in [4.78, 5) is 2.03. The molecule has 0 unspecified atom stereocenters. The second-order valence-corrected chi connectivity index (χ2v) is 5.73. The summed E-state index contributed by atoms with van der Waals surface area (Å²) in [5, 5.41) is 4.22. The highest BCUT2D eigenvalue weighted by Crippen LogP contribution is 2.36. The molecule has 3 rings (SSSR count). The molecular weight excluding hydrogens is 317 g/mol. The maximum Gasteiger partial charge on any atom is 0.416 e. The van der Waals surface area contributed by atoms with Crippen molar-refractivity contribution in [3.63, 3.8) is 0 Å². The molecule has 0 bridgehead atoms. The van der Waals surface area contributed by atoms with Gasteiger partial charge in [-0.1, -0.05) is 25.5 Å². The summed E-state index contributed by atoms with van der Waals surface area (Å²) in [6.07, 6.45) is -0.860. The number of nitrogens with two attached hydrogens (primary N) is 1. The number of amidine groups is 1. The van der Waals surface area contributed by atoms with E-state index in [4.69, 9.17) is 5.73 Å². The summed E-state index contributed by atoms with van der Waals surface area (Å²) in [5.41, 5.74) is 11.3. The molecule has 0 atom stereocenters. The lowest BCUT2D eigenvalue weighted by Gasteiger charge is -2.30. The normalized spacial score (nSPS) is 17.5. The quantitative estimate of drug-likeness (QED) is 0.887. The van der Waals surface area contributed by atoms with E-state index in [1.54, 1.807) is 12.1 Å². The maximum absolute atomic E-state index is 13.0. The second kappa shape index (κ2) is 6.32. The summed E-state index contributed by atoms with van der Waals surface area (Å²) >= 11 is 0. The second-order valence-electron chi connectivity index (χ2n) is 5.73. The van der Waals surface area contributed by atoms with Gasteiger partial charge in [0.05, 0.1) is 5.56 Å². The van der Waals surface area contributed by atoms with Crippen molar-refractivity contribution < 1.29 is 13.2 Å². The van der Waals surface area contributed by atoms with Crippen molar-refractivity contribution in [1.29, 1.82) is 0 Å². The molecule has 0 amide bonds. The zero-order chi connectivity index (χ0) is 17.3. The summed E-state index contributed by atoms with van der Waals surface area (Å²) < 4.78 is 39.1. The first-order valence-corrected chi connectivity index (χ1v) is 7.85. The largest absolute Gasteiger partial charge is 0.416 e. The molecule has 0 saturated carbocycles. The number of nitrogens with one attached hydrogen (secondary N) is 1. The molecule has 0 aliphatic carbocycles. The van der Waals surface area contributed by atoms with Gasteiger partial charge in [0.1, 0.15) is 6.67 Å². The van der Waals surface area contributed by atoms with Crippen molar-refractivity contribution in [3.05, 3.63) is 52.7 Å². The van der Waals surface area contributed by atoms with E-state index < -0.39 is 11.7 Å². The fourth-order valence-corrected chi connectivity index (χ4v) is 3.08. The Morgan fingerprint density at radius 1 is 1.33 bits per heavy atom. The molecule has 24 heavy (non-hydrogen) atoms. The summed E-state index contributed by atoms with van der Waals surface area (Å²) in [6.45, 7) is 2.88. The van der Waals surface area contributed by atoms with Crippen LogP contribution in [0.1, 0.15) is 30.9 Å². The molecule has 0 saturated heterocycles. The molecule has 0 aromatic heterocycles. The Hall–Kier alpha value is -2.28. The van der Waals surface area contributed by atoms with Crippen LogP contribution in [0.5, 0.6) is 0 Å². The van der Waals surface area contributed by atoms with Crippen LogP contribution in [0.25, 0.3) is 5.57 Å². The van der Waals surface area contributed by atoms with Crippen LogP contribution in [0.3, 0.4) is 0 Å². The molecule has 0 fully saturated rings. The van der Waals surface area contributed by atoms with E-state index in [1.807, 2.05) is 4.90 Å². The molecule has 0 radical (unpaired) electrons. The first-order valence-electron chi connectivity index (χ1n) is 7.85. The van der Waals surface area contributed by atoms with Crippen molar-refractivity contribution in [2.24, 2.45) is 10.8 Å². The molecule has 2 heterocycles. The summed E-state index contributed by atoms with van der Waals surface area (Å²) in [6, 6.07) is 5.35. The van der Waals surface area contributed by atoms with Crippen molar-refractivity contribution in [2.45, 2.75) is 25.9 Å². The number of allylic oxidation sites excluding steroid dienone is 1. The van der Waals surface area contributed by atoms with Crippen LogP contribution in [-0.4, -0.2) is 23.9 Å². The van der Waals surface area contributed by atoms with Gasteiger partial charge in [0.2, 0.25) is 0 Å². The van der Waals surface area contributed by atoms with E-state index in [0.29, 0.717) is 23.6 Å². The van der Waals surface area contributed by atoms with Crippen LogP contribution in [0.15, 0.2) is 46.7 Å². The average molecular weight is 336 g/mol. The van der Waals surface area contributed by atoms with Crippen LogP contribution in [0, 0.1) is 0 Å². The number of fused-ring (bicyclic) bond motifs is 1. The minimum absolute atomic E-state index is 0.265. The van der Waals surface area contributed by atoms with Gasteiger partial charge < -0.3 is 10.6 Å². The minimum atomic E-state index is -4.37. The minimum Gasteiger partial charge on any atom is -0.326 e. The Kier molecular flexibility index (Phi) is 4.36. The topological polar surface area (TPSA) is 53.6 Å². The van der Waals surface area contributed by atoms with Gasteiger partial charge in [-0.25, -0.2) is 0 Å². The van der Waals surface area contributed by atoms with E-state index in [-0.39, 0.29) is 6.54 Å². The van der Waals surface area contributed by atoms with Gasteiger partial charge in [0.25, 0.3) is 0 Å². The highest BCUT2D eigenvalue weighted by molar-refractivity contribution is 6.06. The third kappa shape index (κ3) is 2.91. The van der Waals surface area contributed by atoms with Gasteiger partial charge in [-0.3, -0.25) is 5.43 Å². The summed E-state index contributed by atoms with van der Waals surface area (Å²) in [5.74, 6) is 0.711. The Morgan fingerprint density at radius 3 is 2.79 bits per heavy atom. The van der Waals surface area contributed by atoms with Gasteiger partial charge in [-0.15, -0.1) is 0 Å². The number of benzene rings is 1. The average Bonchev–Trinajstić information content (AvgIpc) is 3.02. The molecule has 128 valence electrons. The number of hydrogen-bond acceptors (Lipinski definition) is 4. The van der Waals surface area contributed by atoms with E-state index in [0.717, 1.165) is 30.2 Å². The zero-order valence-electron chi connectivity index (χ0n) is 13.3. The molecule has 2 aliphatic rings. The SMILES string of the molecule is CCCC1=C(CN)C(c2cccc(C(F)(F)F)c2)=CC2=NNCN21. The lowest BCUT2D eigenvalue weighted by molar-refractivity contribution is -0.137. The van der Waals surface area contributed by atoms with Gasteiger partial charge >= 0.3 is 6.18 Å². The van der Waals surface area contributed by atoms with Crippen molar-refractivity contribution in [2.75, 3.05) is 13.2 Å². The third-order valence-electron chi connectivity index (χ3n) is 4.16. The van der Waals surface area contributed by atoms with Crippen LogP contribution in [0.2, 0.25) is 0 Å². The van der Waals surface area contributed by atoms with Crippen molar-refractivity contribution in [1.82, 2.24) is 10.3 Å². The van der Waals surface area contributed by atoms with Gasteiger partial charge in [0.15, 0.2) is 5.84 Å². The third-order valence-corrected chi connectivity index (χ3v) is 4.16. The van der Waals surface area contributed by atoms with E-state index >= 15 is 0 Å². The molecule has 3 N–H and O–H groups in total. The lowest BCUT2D eigenvalue weighted by atomic mass is 9.90. The highest BCUT2D eigenvalue weighted by Gasteiger charge is 2.32. The van der Waals surface area contributed by atoms with Crippen LogP contribution in [0.4, 0.5) is 13.2 Å². The molecule has 1 aromatic carbocycles. The van der Waals surface area contributed by atoms with Crippen molar-refractivity contribution >= 4 is 11.4 Å². The predicted octanol–water partition coefficient (Wildman–Crippen LogP) is 3.29.